The van der Waals surface area contributed by atoms with E-state index in [0.29, 0.717) is 0 Å². The van der Waals surface area contributed by atoms with Gasteiger partial charge >= 0.3 is 0 Å². The van der Waals surface area contributed by atoms with E-state index in [4.69, 9.17) is 0 Å². The maximum atomic E-state index is 10.6. The van der Waals surface area contributed by atoms with E-state index in [0.717, 1.165) is 22.3 Å². The highest BCUT2D eigenvalue weighted by Gasteiger charge is 1.91. The van der Waals surface area contributed by atoms with Crippen LogP contribution in [-0.2, 0) is 4.79 Å². The van der Waals surface area contributed by atoms with E-state index < -0.39 is 0 Å². The molecule has 0 fully saturated rings. The molecule has 0 bridgehead atoms. The van der Waals surface area contributed by atoms with Gasteiger partial charge in [-0.05, 0) is 28.1 Å². The van der Waals surface area contributed by atoms with Crippen LogP contribution in [0.2, 0.25) is 0 Å². The van der Waals surface area contributed by atoms with Crippen molar-refractivity contribution in [2.75, 3.05) is 5.75 Å². The van der Waals surface area contributed by atoms with Gasteiger partial charge in [0.25, 0.3) is 0 Å². The molecule has 1 heterocycles. The van der Waals surface area contributed by atoms with Crippen molar-refractivity contribution in [3.8, 4) is 11.8 Å². The summed E-state index contributed by atoms with van der Waals surface area (Å²) >= 11 is 4.58. The van der Waals surface area contributed by atoms with Crippen LogP contribution in [0.5, 0.6) is 0 Å². The Morgan fingerprint density at radius 1 is 1.67 bits per heavy atom. The Labute approximate surface area is 102 Å². The monoisotopic (exact) mass is 283 g/mol. The molecule has 15 heavy (non-hydrogen) atoms. The summed E-state index contributed by atoms with van der Waals surface area (Å²) in [5.41, 5.74) is 0.935. The van der Waals surface area contributed by atoms with Crippen LogP contribution in [0.1, 0.15) is 18.9 Å². The number of halogens is 1. The number of nitrogens with zero attached hydrogens (tertiary/aromatic N) is 1. The zero-order valence-electron chi connectivity index (χ0n) is 8.29. The first kappa shape index (κ1) is 12.3. The summed E-state index contributed by atoms with van der Waals surface area (Å²) < 4.78 is 0.785. The number of aromatic nitrogens is 1. The molecule has 0 N–H and O–H groups in total. The minimum absolute atomic E-state index is 0.142. The Kier molecular flexibility index (Phi) is 5.44. The third-order valence-electron chi connectivity index (χ3n) is 1.49. The summed E-state index contributed by atoms with van der Waals surface area (Å²) in [5.74, 6) is 6.79. The molecule has 2 nitrogen and oxygen atoms in total. The molecule has 1 rings (SSSR count). The van der Waals surface area contributed by atoms with Crippen molar-refractivity contribution in [2.24, 2.45) is 0 Å². The number of hydrogen-bond acceptors (Lipinski definition) is 3. The van der Waals surface area contributed by atoms with Crippen molar-refractivity contribution in [2.45, 2.75) is 13.3 Å². The Bertz CT molecular complexity index is 409. The highest BCUT2D eigenvalue weighted by Crippen LogP contribution is 2.07. The third kappa shape index (κ3) is 5.60. The van der Waals surface area contributed by atoms with Gasteiger partial charge in [-0.2, -0.15) is 0 Å². The smallest absolute Gasteiger partial charge is 0.185 e. The maximum Gasteiger partial charge on any atom is 0.185 e. The fourth-order valence-electron chi connectivity index (χ4n) is 0.891. The molecule has 0 aliphatic carbocycles. The molecule has 0 unspecified atom stereocenters. The van der Waals surface area contributed by atoms with Crippen LogP contribution in [0, 0.1) is 11.8 Å². The van der Waals surface area contributed by atoms with Gasteiger partial charge in [0.2, 0.25) is 0 Å². The zero-order chi connectivity index (χ0) is 11.1. The summed E-state index contributed by atoms with van der Waals surface area (Å²) in [6.45, 7) is 1.57. The standard InChI is InChI=1S/C11H10BrNOS/c1-9(14)15-7-3-2-4-10-5-6-13-11(12)8-10/h5-6,8H,3,7H2,1H3. The molecular formula is C11H10BrNOS. The van der Waals surface area contributed by atoms with E-state index in [1.807, 2.05) is 12.1 Å². The number of thioether (sulfide) groups is 1. The first-order valence-corrected chi connectivity index (χ1v) is 6.20. The van der Waals surface area contributed by atoms with Crippen LogP contribution >= 0.6 is 27.7 Å². The van der Waals surface area contributed by atoms with Crippen LogP contribution in [-0.4, -0.2) is 15.9 Å². The summed E-state index contributed by atoms with van der Waals surface area (Å²) in [4.78, 5) is 14.6. The molecule has 0 saturated carbocycles. The number of hydrogen-bond donors (Lipinski definition) is 0. The van der Waals surface area contributed by atoms with E-state index in [2.05, 4.69) is 32.8 Å². The van der Waals surface area contributed by atoms with Crippen LogP contribution in [0.15, 0.2) is 22.9 Å². The van der Waals surface area contributed by atoms with Crippen LogP contribution in [0.25, 0.3) is 0 Å². The average molecular weight is 284 g/mol. The van der Waals surface area contributed by atoms with Crippen molar-refractivity contribution in [1.82, 2.24) is 4.98 Å². The maximum absolute atomic E-state index is 10.6. The van der Waals surface area contributed by atoms with E-state index >= 15 is 0 Å². The fraction of sp³-hybridized carbons (Fsp3) is 0.273. The summed E-state index contributed by atoms with van der Waals surface area (Å²) in [5, 5.41) is 0.142. The lowest BCUT2D eigenvalue weighted by molar-refractivity contribution is -0.109. The van der Waals surface area contributed by atoms with Gasteiger partial charge in [-0.25, -0.2) is 4.98 Å². The molecule has 0 aliphatic rings. The first-order valence-electron chi connectivity index (χ1n) is 4.42. The molecule has 0 radical (unpaired) electrons. The van der Waals surface area contributed by atoms with E-state index in [-0.39, 0.29) is 5.12 Å². The molecule has 0 aromatic carbocycles. The first-order chi connectivity index (χ1) is 7.18. The zero-order valence-corrected chi connectivity index (χ0v) is 10.7. The van der Waals surface area contributed by atoms with Gasteiger partial charge in [-0.1, -0.05) is 23.6 Å². The lowest BCUT2D eigenvalue weighted by atomic mass is 10.3. The van der Waals surface area contributed by atoms with Crippen molar-refractivity contribution in [3.63, 3.8) is 0 Å². The van der Waals surface area contributed by atoms with Gasteiger partial charge in [-0.3, -0.25) is 4.79 Å². The van der Waals surface area contributed by atoms with Crippen molar-refractivity contribution >= 4 is 32.8 Å². The van der Waals surface area contributed by atoms with E-state index in [1.54, 1.807) is 13.1 Å². The molecule has 0 amide bonds. The minimum atomic E-state index is 0.142. The van der Waals surface area contributed by atoms with Gasteiger partial charge < -0.3 is 0 Å². The van der Waals surface area contributed by atoms with Crippen molar-refractivity contribution in [3.05, 3.63) is 28.5 Å². The van der Waals surface area contributed by atoms with Crippen LogP contribution < -0.4 is 0 Å². The van der Waals surface area contributed by atoms with E-state index in [9.17, 15) is 4.79 Å². The molecule has 4 heteroatoms. The van der Waals surface area contributed by atoms with Gasteiger partial charge in [0.1, 0.15) is 4.60 Å². The Balaban J connectivity index is 2.41. The number of pyridine rings is 1. The van der Waals surface area contributed by atoms with Gasteiger partial charge in [0, 0.05) is 30.9 Å². The SMILES string of the molecule is CC(=O)SCCC#Cc1ccnc(Br)c1. The number of carbonyl (C=O) groups excluding carboxylic acids is 1. The van der Waals surface area contributed by atoms with Crippen molar-refractivity contribution in [1.29, 1.82) is 0 Å². The summed E-state index contributed by atoms with van der Waals surface area (Å²) in [7, 11) is 0. The second kappa shape index (κ2) is 6.65. The van der Waals surface area contributed by atoms with Crippen LogP contribution in [0.3, 0.4) is 0 Å². The molecule has 78 valence electrons. The Morgan fingerprint density at radius 2 is 2.47 bits per heavy atom. The second-order valence-electron chi connectivity index (χ2n) is 2.76. The molecule has 1 aromatic rings. The predicted octanol–water partition coefficient (Wildman–Crippen LogP) is 2.87. The lowest BCUT2D eigenvalue weighted by Crippen LogP contribution is -1.84. The Morgan fingerprint density at radius 3 is 3.13 bits per heavy atom. The highest BCUT2D eigenvalue weighted by atomic mass is 79.9. The number of rotatable bonds is 2. The molecule has 0 spiro atoms. The quantitative estimate of drug-likeness (QED) is 0.475. The topological polar surface area (TPSA) is 30.0 Å². The average Bonchev–Trinajstić information content (AvgIpc) is 2.17. The Hall–Kier alpha value is -0.790. The van der Waals surface area contributed by atoms with Crippen molar-refractivity contribution < 1.29 is 4.79 Å². The molecule has 1 aromatic heterocycles. The molecular weight excluding hydrogens is 274 g/mol. The lowest BCUT2D eigenvalue weighted by Gasteiger charge is -1.91. The molecule has 0 saturated heterocycles. The van der Waals surface area contributed by atoms with Crippen LogP contribution in [0.4, 0.5) is 0 Å². The van der Waals surface area contributed by atoms with Gasteiger partial charge in [-0.15, -0.1) is 0 Å². The summed E-state index contributed by atoms with van der Waals surface area (Å²) in [6.07, 6.45) is 2.43. The molecule has 0 aliphatic heterocycles. The van der Waals surface area contributed by atoms with Gasteiger partial charge in [0.15, 0.2) is 5.12 Å². The molecule has 0 atom stereocenters. The highest BCUT2D eigenvalue weighted by molar-refractivity contribution is 9.10. The summed E-state index contributed by atoms with van der Waals surface area (Å²) in [6, 6.07) is 3.72. The third-order valence-corrected chi connectivity index (χ3v) is 2.74. The van der Waals surface area contributed by atoms with Gasteiger partial charge in [0.05, 0.1) is 0 Å². The second-order valence-corrected chi connectivity index (χ2v) is 4.84. The fourth-order valence-corrected chi connectivity index (χ4v) is 1.75. The van der Waals surface area contributed by atoms with E-state index in [1.165, 1.54) is 11.8 Å². The normalized spacial score (nSPS) is 9.20. The predicted molar refractivity (Wildman–Crippen MR) is 66.6 cm³/mol. The number of carbonyl (C=O) groups is 1. The minimum Gasteiger partial charge on any atom is -0.288 e. The largest absolute Gasteiger partial charge is 0.288 e.